The summed E-state index contributed by atoms with van der Waals surface area (Å²) in [5, 5.41) is 114. The molecule has 0 amide bonds. The number of aliphatic hydroxyl groups excluding tert-OH is 1. The van der Waals surface area contributed by atoms with E-state index in [1.807, 2.05) is 0 Å². The van der Waals surface area contributed by atoms with Crippen molar-refractivity contribution in [1.29, 1.82) is 0 Å². The van der Waals surface area contributed by atoms with Crippen LogP contribution < -0.4 is 14.9 Å². The second-order valence-corrected chi connectivity index (χ2v) is 12.4. The summed E-state index contributed by atoms with van der Waals surface area (Å²) in [6, 6.07) is 9.43. The highest BCUT2D eigenvalue weighted by Gasteiger charge is 2.39. The Labute approximate surface area is 290 Å². The third kappa shape index (κ3) is 5.56. The van der Waals surface area contributed by atoms with Gasteiger partial charge in [-0.25, -0.2) is 4.79 Å². The van der Waals surface area contributed by atoms with Gasteiger partial charge in [0.05, 0.1) is 17.1 Å². The zero-order chi connectivity index (χ0) is 37.3. The number of hydrogen-bond donors (Lipinski definition) is 11. The van der Waals surface area contributed by atoms with E-state index < -0.39 is 92.8 Å². The molecule has 0 fully saturated rings. The predicted molar refractivity (Wildman–Crippen MR) is 176 cm³/mol. The third-order valence-corrected chi connectivity index (χ3v) is 8.97. The zero-order valence-corrected chi connectivity index (χ0v) is 26.4. The Balaban J connectivity index is 1.37. The van der Waals surface area contributed by atoms with Gasteiger partial charge in [-0.3, -0.25) is 4.79 Å². The fourth-order valence-corrected chi connectivity index (χ4v) is 6.50. The normalized spacial score (nSPS) is 19.2. The lowest BCUT2D eigenvalue weighted by molar-refractivity contribution is -0.0188. The maximum Gasteiger partial charge on any atom is 0.338 e. The second kappa shape index (κ2) is 12.1. The number of aromatic hydroxyl groups is 10. The number of carbonyl (C=O) groups excluding carboxylic acids is 1. The van der Waals surface area contributed by atoms with Gasteiger partial charge in [0, 0.05) is 59.4 Å². The Bertz CT molecular complexity index is 2370. The van der Waals surface area contributed by atoms with E-state index in [4.69, 9.17) is 14.2 Å². The van der Waals surface area contributed by atoms with Gasteiger partial charge in [0.15, 0.2) is 46.7 Å². The molecule has 7 rings (SSSR count). The summed E-state index contributed by atoms with van der Waals surface area (Å²) in [5.41, 5.74) is -1.61. The molecule has 16 heteroatoms. The number of fused-ring (bicyclic) bond motifs is 3. The smallest absolute Gasteiger partial charge is 0.338 e. The van der Waals surface area contributed by atoms with Crippen LogP contribution in [0.5, 0.6) is 69.0 Å². The molecule has 2 heterocycles. The lowest BCUT2D eigenvalue weighted by atomic mass is 9.91. The standard InChI is InChI=1S/C36H28O16/c37-15-6-20(39)17-10-25(44)35(51-26(17)8-15)19-2-12-1-13(3-24(43)32(47)29(12)33(48)30(19)45)34-28(11-18-21(40)7-16(38)9-27(18)50-34)52-36(49)14-4-22(41)31(46)23(42)5-14/h1-9,25,28,34-35,37-42,44-46,48H,10-11H2,(H,43,47). The topological polar surface area (TPSA) is 284 Å². The van der Waals surface area contributed by atoms with Gasteiger partial charge in [0.1, 0.15) is 40.6 Å². The molecule has 0 aliphatic carbocycles. The van der Waals surface area contributed by atoms with Gasteiger partial charge < -0.3 is 70.4 Å². The number of rotatable bonds is 4. The van der Waals surface area contributed by atoms with Gasteiger partial charge in [-0.2, -0.15) is 0 Å². The van der Waals surface area contributed by atoms with Crippen molar-refractivity contribution in [3.8, 4) is 69.0 Å². The minimum absolute atomic E-state index is 0.0334. The number of phenols is 9. The Hall–Kier alpha value is -6.94. The van der Waals surface area contributed by atoms with Gasteiger partial charge in [0.25, 0.3) is 0 Å². The van der Waals surface area contributed by atoms with Gasteiger partial charge in [-0.15, -0.1) is 0 Å². The fourth-order valence-electron chi connectivity index (χ4n) is 6.50. The molecule has 5 aromatic carbocycles. The average molecular weight is 717 g/mol. The van der Waals surface area contributed by atoms with Crippen LogP contribution in [-0.2, 0) is 17.6 Å². The Morgan fingerprint density at radius 3 is 1.81 bits per heavy atom. The highest BCUT2D eigenvalue weighted by molar-refractivity contribution is 5.93. The first-order valence-corrected chi connectivity index (χ1v) is 15.4. The van der Waals surface area contributed by atoms with Crippen molar-refractivity contribution in [2.45, 2.75) is 37.3 Å². The molecule has 5 aromatic rings. The molecule has 4 atom stereocenters. The molecule has 16 nitrogen and oxygen atoms in total. The zero-order valence-electron chi connectivity index (χ0n) is 26.4. The van der Waals surface area contributed by atoms with E-state index >= 15 is 0 Å². The highest BCUT2D eigenvalue weighted by Crippen LogP contribution is 2.48. The van der Waals surface area contributed by atoms with Crippen molar-refractivity contribution in [1.82, 2.24) is 0 Å². The van der Waals surface area contributed by atoms with Crippen LogP contribution in [0, 0.1) is 0 Å². The Morgan fingerprint density at radius 1 is 0.615 bits per heavy atom. The molecule has 0 saturated heterocycles. The van der Waals surface area contributed by atoms with Gasteiger partial charge in [-0.05, 0) is 35.7 Å². The molecule has 4 unspecified atom stereocenters. The van der Waals surface area contributed by atoms with Crippen molar-refractivity contribution >= 4 is 16.7 Å². The van der Waals surface area contributed by atoms with Gasteiger partial charge in [-0.1, -0.05) is 0 Å². The first kappa shape index (κ1) is 33.6. The van der Waals surface area contributed by atoms with Crippen LogP contribution in [0.2, 0.25) is 0 Å². The monoisotopic (exact) mass is 716 g/mol. The van der Waals surface area contributed by atoms with Crippen LogP contribution in [0.4, 0.5) is 0 Å². The van der Waals surface area contributed by atoms with Crippen LogP contribution in [-0.4, -0.2) is 74.3 Å². The molecule has 0 radical (unpaired) electrons. The van der Waals surface area contributed by atoms with E-state index in [0.717, 1.165) is 36.4 Å². The molecule has 268 valence electrons. The number of hydrogen-bond acceptors (Lipinski definition) is 16. The lowest BCUT2D eigenvalue weighted by Gasteiger charge is -2.34. The minimum Gasteiger partial charge on any atom is -0.508 e. The van der Waals surface area contributed by atoms with Crippen molar-refractivity contribution in [3.63, 3.8) is 0 Å². The predicted octanol–water partition coefficient (Wildman–Crippen LogP) is 3.19. The molecule has 0 aromatic heterocycles. The fraction of sp³-hybridized carbons (Fsp3) is 0.167. The summed E-state index contributed by atoms with van der Waals surface area (Å²) in [6.07, 6.45) is -6.17. The number of ether oxygens (including phenoxy) is 3. The molecule has 0 bridgehead atoms. The summed E-state index contributed by atoms with van der Waals surface area (Å²) in [6.45, 7) is 0. The van der Waals surface area contributed by atoms with Crippen LogP contribution in [0.1, 0.15) is 44.8 Å². The average Bonchev–Trinajstić information content (AvgIpc) is 3.20. The minimum atomic E-state index is -1.44. The van der Waals surface area contributed by atoms with Crippen molar-refractivity contribution < 1.29 is 75.2 Å². The van der Waals surface area contributed by atoms with Crippen LogP contribution in [0.25, 0.3) is 10.8 Å². The number of carbonyl (C=O) groups is 1. The Morgan fingerprint density at radius 2 is 1.19 bits per heavy atom. The van der Waals surface area contributed by atoms with E-state index in [1.165, 1.54) is 18.2 Å². The van der Waals surface area contributed by atoms with E-state index in [0.29, 0.717) is 0 Å². The molecule has 2 aliphatic heterocycles. The van der Waals surface area contributed by atoms with Crippen molar-refractivity contribution in [3.05, 3.63) is 92.6 Å². The number of phenolic OH excluding ortho intramolecular Hbond substituents is 9. The number of benzene rings is 4. The summed E-state index contributed by atoms with van der Waals surface area (Å²) < 4.78 is 17.6. The van der Waals surface area contributed by atoms with E-state index in [-0.39, 0.29) is 63.5 Å². The molecule has 11 N–H and O–H groups in total. The van der Waals surface area contributed by atoms with Crippen molar-refractivity contribution in [2.24, 2.45) is 0 Å². The van der Waals surface area contributed by atoms with E-state index in [2.05, 4.69) is 0 Å². The highest BCUT2D eigenvalue weighted by atomic mass is 16.6. The Kier molecular flexibility index (Phi) is 7.83. The molecular weight excluding hydrogens is 688 g/mol. The van der Waals surface area contributed by atoms with Crippen LogP contribution in [0.15, 0.2) is 59.4 Å². The molecule has 2 aliphatic rings. The largest absolute Gasteiger partial charge is 0.508 e. The summed E-state index contributed by atoms with van der Waals surface area (Å²) in [7, 11) is 0. The second-order valence-electron chi connectivity index (χ2n) is 12.4. The maximum atomic E-state index is 13.4. The number of aliphatic hydroxyl groups is 1. The van der Waals surface area contributed by atoms with E-state index in [9.17, 15) is 65.8 Å². The summed E-state index contributed by atoms with van der Waals surface area (Å²) >= 11 is 0. The van der Waals surface area contributed by atoms with Gasteiger partial charge in [0.2, 0.25) is 5.43 Å². The summed E-state index contributed by atoms with van der Waals surface area (Å²) in [4.78, 5) is 26.7. The van der Waals surface area contributed by atoms with Gasteiger partial charge >= 0.3 is 5.97 Å². The number of esters is 1. The lowest BCUT2D eigenvalue weighted by Crippen LogP contribution is -2.34. The third-order valence-electron chi connectivity index (χ3n) is 8.97. The first-order chi connectivity index (χ1) is 24.6. The molecular formula is C36H28O16. The van der Waals surface area contributed by atoms with E-state index in [1.54, 1.807) is 0 Å². The maximum absolute atomic E-state index is 13.4. The van der Waals surface area contributed by atoms with Crippen LogP contribution >= 0.6 is 0 Å². The molecule has 0 saturated carbocycles. The molecule has 52 heavy (non-hydrogen) atoms. The SMILES string of the molecule is O=C(OC1Cc2c(O)cc(O)cc2OC1c1cc(O)c(=O)c2c(O)c(O)c(C3Oc4cc(O)cc(O)c4CC3O)cc2c1)c1cc(O)c(O)c(O)c1. The first-order valence-electron chi connectivity index (χ1n) is 15.4. The molecule has 0 spiro atoms. The quantitative estimate of drug-likeness (QED) is 0.0940. The van der Waals surface area contributed by atoms with Crippen LogP contribution in [0.3, 0.4) is 0 Å². The van der Waals surface area contributed by atoms with Crippen molar-refractivity contribution in [2.75, 3.05) is 0 Å². The summed E-state index contributed by atoms with van der Waals surface area (Å²) in [5.74, 6) is -8.16.